The number of nitrogens with zero attached hydrogens (tertiary/aromatic N) is 4. The predicted molar refractivity (Wildman–Crippen MR) is 95.8 cm³/mol. The first-order chi connectivity index (χ1) is 11.4. The molecule has 7 heteroatoms. The van der Waals surface area contributed by atoms with Crippen molar-refractivity contribution in [1.82, 2.24) is 19.7 Å². The van der Waals surface area contributed by atoms with Gasteiger partial charge in [0, 0.05) is 10.6 Å². The molecule has 2 N–H and O–H groups in total. The van der Waals surface area contributed by atoms with Crippen LogP contribution in [0.5, 0.6) is 5.75 Å². The Kier molecular flexibility index (Phi) is 4.09. The lowest BCUT2D eigenvalue weighted by molar-refractivity contribution is 0.398. The van der Waals surface area contributed by atoms with Crippen molar-refractivity contribution in [2.75, 3.05) is 12.8 Å². The summed E-state index contributed by atoms with van der Waals surface area (Å²) in [6.45, 7) is 7.92. The number of nitrogen functional groups attached to an aromatic ring is 1. The molecule has 0 aliphatic carbocycles. The number of nitrogens with two attached hydrogens (primary N) is 1. The van der Waals surface area contributed by atoms with E-state index in [0.717, 1.165) is 33.5 Å². The Morgan fingerprint density at radius 1 is 1.21 bits per heavy atom. The molecule has 1 aromatic carbocycles. The Bertz CT molecular complexity index is 935. The van der Waals surface area contributed by atoms with Gasteiger partial charge in [-0.1, -0.05) is 11.6 Å². The summed E-state index contributed by atoms with van der Waals surface area (Å²) >= 11 is 6.40. The van der Waals surface area contributed by atoms with Crippen molar-refractivity contribution in [3.05, 3.63) is 39.8 Å². The van der Waals surface area contributed by atoms with Crippen molar-refractivity contribution in [1.29, 1.82) is 0 Å². The maximum Gasteiger partial charge on any atom is 0.164 e. The van der Waals surface area contributed by atoms with Gasteiger partial charge in [-0.15, -0.1) is 0 Å². The topological polar surface area (TPSA) is 78.9 Å². The molecule has 2 heterocycles. The van der Waals surface area contributed by atoms with Crippen LogP contribution in [0.3, 0.4) is 0 Å². The Balaban J connectivity index is 2.24. The molecule has 2 aromatic heterocycles. The SMILES string of the molecule is COc1c(C(C)n2nc(C)c3c(N)ncnc32)cc(Cl)c(C)c1C. The number of benzene rings is 1. The summed E-state index contributed by atoms with van der Waals surface area (Å²) < 4.78 is 7.48. The van der Waals surface area contributed by atoms with Gasteiger partial charge in [-0.05, 0) is 44.9 Å². The van der Waals surface area contributed by atoms with Gasteiger partial charge in [-0.3, -0.25) is 0 Å². The number of aryl methyl sites for hydroxylation is 1. The van der Waals surface area contributed by atoms with Crippen molar-refractivity contribution in [3.63, 3.8) is 0 Å². The number of hydrogen-bond acceptors (Lipinski definition) is 5. The van der Waals surface area contributed by atoms with Crippen molar-refractivity contribution in [2.45, 2.75) is 33.7 Å². The van der Waals surface area contributed by atoms with E-state index in [4.69, 9.17) is 22.1 Å². The molecule has 0 saturated carbocycles. The van der Waals surface area contributed by atoms with E-state index in [9.17, 15) is 0 Å². The number of ether oxygens (including phenoxy) is 1. The third-order valence-electron chi connectivity index (χ3n) is 4.52. The lowest BCUT2D eigenvalue weighted by Crippen LogP contribution is -2.12. The third-order valence-corrected chi connectivity index (χ3v) is 4.91. The fraction of sp³-hybridized carbons (Fsp3) is 0.353. The summed E-state index contributed by atoms with van der Waals surface area (Å²) in [5, 5.41) is 6.10. The number of rotatable bonds is 3. The molecule has 1 atom stereocenters. The molecule has 3 aromatic rings. The average molecular weight is 346 g/mol. The minimum Gasteiger partial charge on any atom is -0.496 e. The molecule has 0 fully saturated rings. The van der Waals surface area contributed by atoms with Crippen molar-refractivity contribution in [3.8, 4) is 5.75 Å². The first-order valence-electron chi connectivity index (χ1n) is 7.65. The highest BCUT2D eigenvalue weighted by Crippen LogP contribution is 2.37. The van der Waals surface area contributed by atoms with Crippen molar-refractivity contribution >= 4 is 28.5 Å². The van der Waals surface area contributed by atoms with Crippen molar-refractivity contribution < 1.29 is 4.74 Å². The largest absolute Gasteiger partial charge is 0.496 e. The number of anilines is 1. The lowest BCUT2D eigenvalue weighted by atomic mass is 10.00. The second-order valence-corrected chi connectivity index (χ2v) is 6.30. The van der Waals surface area contributed by atoms with Crippen LogP contribution in [0.2, 0.25) is 5.02 Å². The number of fused-ring (bicyclic) bond motifs is 1. The Morgan fingerprint density at radius 3 is 2.58 bits per heavy atom. The normalized spacial score (nSPS) is 12.6. The summed E-state index contributed by atoms with van der Waals surface area (Å²) in [5.74, 6) is 1.24. The van der Waals surface area contributed by atoms with Crippen LogP contribution in [0.25, 0.3) is 11.0 Å². The van der Waals surface area contributed by atoms with Crippen LogP contribution in [-0.4, -0.2) is 26.9 Å². The molecule has 0 saturated heterocycles. The molecule has 0 bridgehead atoms. The van der Waals surface area contributed by atoms with Gasteiger partial charge in [0.15, 0.2) is 5.65 Å². The van der Waals surface area contributed by atoms with E-state index in [2.05, 4.69) is 15.1 Å². The standard InChI is InChI=1S/C17H20ClN5O/c1-8-9(2)15(24-5)12(6-13(8)18)11(4)23-17-14(10(3)22-23)16(19)20-7-21-17/h6-7,11H,1-5H3,(H2,19,20,21). The second kappa shape index (κ2) is 5.94. The van der Waals surface area contributed by atoms with Gasteiger partial charge in [-0.25, -0.2) is 14.6 Å². The molecule has 3 rings (SSSR count). The molecule has 6 nitrogen and oxygen atoms in total. The zero-order valence-electron chi connectivity index (χ0n) is 14.4. The fourth-order valence-electron chi connectivity index (χ4n) is 3.03. The van der Waals surface area contributed by atoms with E-state index in [1.807, 2.05) is 38.4 Å². The first kappa shape index (κ1) is 16.5. The van der Waals surface area contributed by atoms with E-state index < -0.39 is 0 Å². The van der Waals surface area contributed by atoms with Crippen LogP contribution in [0, 0.1) is 20.8 Å². The molecule has 0 aliphatic heterocycles. The van der Waals surface area contributed by atoms with Gasteiger partial charge in [0.05, 0.1) is 24.2 Å². The second-order valence-electron chi connectivity index (χ2n) is 5.89. The zero-order valence-corrected chi connectivity index (χ0v) is 15.1. The van der Waals surface area contributed by atoms with Gasteiger partial charge < -0.3 is 10.5 Å². The summed E-state index contributed by atoms with van der Waals surface area (Å²) in [6, 6.07) is 1.81. The summed E-state index contributed by atoms with van der Waals surface area (Å²) in [5.41, 5.74) is 10.5. The molecule has 0 amide bonds. The number of aromatic nitrogens is 4. The highest BCUT2D eigenvalue weighted by molar-refractivity contribution is 6.31. The van der Waals surface area contributed by atoms with E-state index in [1.54, 1.807) is 7.11 Å². The van der Waals surface area contributed by atoms with E-state index in [0.29, 0.717) is 16.5 Å². The van der Waals surface area contributed by atoms with Gasteiger partial charge in [0.1, 0.15) is 17.9 Å². The van der Waals surface area contributed by atoms with Gasteiger partial charge >= 0.3 is 0 Å². The minimum absolute atomic E-state index is 0.123. The summed E-state index contributed by atoms with van der Waals surface area (Å²) in [7, 11) is 1.67. The van der Waals surface area contributed by atoms with E-state index in [1.165, 1.54) is 6.33 Å². The third kappa shape index (κ3) is 2.38. The molecule has 0 spiro atoms. The highest BCUT2D eigenvalue weighted by atomic mass is 35.5. The lowest BCUT2D eigenvalue weighted by Gasteiger charge is -2.20. The molecule has 0 radical (unpaired) electrons. The van der Waals surface area contributed by atoms with Crippen LogP contribution in [0.1, 0.15) is 35.3 Å². The average Bonchev–Trinajstić information content (AvgIpc) is 2.90. The smallest absolute Gasteiger partial charge is 0.164 e. The maximum atomic E-state index is 6.40. The first-order valence-corrected chi connectivity index (χ1v) is 8.03. The highest BCUT2D eigenvalue weighted by Gasteiger charge is 2.22. The molecular formula is C17H20ClN5O. The Labute approximate surface area is 145 Å². The maximum absolute atomic E-state index is 6.40. The molecule has 126 valence electrons. The Hall–Kier alpha value is -2.34. The number of halogens is 1. The Morgan fingerprint density at radius 2 is 1.92 bits per heavy atom. The van der Waals surface area contributed by atoms with Gasteiger partial charge in [0.2, 0.25) is 0 Å². The summed E-state index contributed by atoms with van der Waals surface area (Å²) in [6.07, 6.45) is 1.45. The van der Waals surface area contributed by atoms with Gasteiger partial charge in [0.25, 0.3) is 0 Å². The summed E-state index contributed by atoms with van der Waals surface area (Å²) in [4.78, 5) is 8.42. The molecular weight excluding hydrogens is 326 g/mol. The fourth-order valence-corrected chi connectivity index (χ4v) is 3.29. The molecule has 24 heavy (non-hydrogen) atoms. The monoisotopic (exact) mass is 345 g/mol. The number of methoxy groups -OCH3 is 1. The minimum atomic E-state index is -0.123. The van der Waals surface area contributed by atoms with Crippen LogP contribution in [0.4, 0.5) is 5.82 Å². The quantitative estimate of drug-likeness (QED) is 0.784. The van der Waals surface area contributed by atoms with Crippen LogP contribution in [-0.2, 0) is 0 Å². The van der Waals surface area contributed by atoms with E-state index in [-0.39, 0.29) is 6.04 Å². The molecule has 0 aliphatic rings. The van der Waals surface area contributed by atoms with Gasteiger partial charge in [-0.2, -0.15) is 5.10 Å². The van der Waals surface area contributed by atoms with Crippen LogP contribution >= 0.6 is 11.6 Å². The zero-order chi connectivity index (χ0) is 17.6. The number of hydrogen-bond donors (Lipinski definition) is 1. The van der Waals surface area contributed by atoms with Crippen molar-refractivity contribution in [2.24, 2.45) is 0 Å². The van der Waals surface area contributed by atoms with Crippen LogP contribution in [0.15, 0.2) is 12.4 Å². The van der Waals surface area contributed by atoms with Crippen LogP contribution < -0.4 is 10.5 Å². The predicted octanol–water partition coefficient (Wildman–Crippen LogP) is 3.61. The molecule has 1 unspecified atom stereocenters. The van der Waals surface area contributed by atoms with E-state index >= 15 is 0 Å².